The highest BCUT2D eigenvalue weighted by Crippen LogP contribution is 2.80. The van der Waals surface area contributed by atoms with Crippen LogP contribution in [0.2, 0.25) is 0 Å². The number of ketones is 3. The fourth-order valence-corrected chi connectivity index (χ4v) is 4.98. The number of methoxy groups -OCH3 is 1. The zero-order valence-electron chi connectivity index (χ0n) is 13.9. The van der Waals surface area contributed by atoms with Crippen LogP contribution in [-0.2, 0) is 23.9 Å². The molecule has 0 spiro atoms. The Morgan fingerprint density at radius 3 is 2.56 bits per heavy atom. The van der Waals surface area contributed by atoms with Gasteiger partial charge in [0, 0.05) is 18.1 Å². The van der Waals surface area contributed by atoms with Gasteiger partial charge in [0.25, 0.3) is 5.78 Å². The van der Waals surface area contributed by atoms with E-state index >= 15 is 0 Å². The van der Waals surface area contributed by atoms with Crippen LogP contribution in [-0.4, -0.2) is 24.5 Å². The number of allylic oxidation sites excluding steroid dienone is 7. The molecule has 6 rings (SSSR count). The van der Waals surface area contributed by atoms with E-state index in [0.717, 1.165) is 23.7 Å². The van der Waals surface area contributed by atoms with Crippen molar-refractivity contribution < 1.29 is 23.9 Å². The van der Waals surface area contributed by atoms with E-state index in [1.54, 1.807) is 0 Å². The summed E-state index contributed by atoms with van der Waals surface area (Å²) in [7, 11) is 1.39. The van der Waals surface area contributed by atoms with Gasteiger partial charge in [0.2, 0.25) is 11.6 Å². The molecule has 0 N–H and O–H groups in total. The second-order valence-corrected chi connectivity index (χ2v) is 7.54. The van der Waals surface area contributed by atoms with Crippen LogP contribution in [0.5, 0.6) is 0 Å². The number of ether oxygens (including phenoxy) is 2. The molecule has 1 aliphatic heterocycles. The quantitative estimate of drug-likeness (QED) is 0.583. The number of Topliss-reactive ketones (excluding diaryl/α,β-unsaturated/α-hetero) is 1. The zero-order chi connectivity index (χ0) is 17.3. The molecule has 5 heteroatoms. The van der Waals surface area contributed by atoms with E-state index in [0.29, 0.717) is 23.7 Å². The Morgan fingerprint density at radius 1 is 1.04 bits per heavy atom. The van der Waals surface area contributed by atoms with Crippen LogP contribution in [0.15, 0.2) is 47.2 Å². The highest BCUT2D eigenvalue weighted by atomic mass is 16.5. The molecule has 4 fully saturated rings. The van der Waals surface area contributed by atoms with Crippen LogP contribution in [0.1, 0.15) is 19.3 Å². The Morgan fingerprint density at radius 2 is 1.84 bits per heavy atom. The minimum absolute atomic E-state index is 0.00422. The normalized spacial score (nSPS) is 40.8. The summed E-state index contributed by atoms with van der Waals surface area (Å²) in [6, 6.07) is 0. The standard InChI is InChI=1S/C20H18O5/c1-24-15-7-10(3-5-13(15)21)20-19(23)14(22)8-11(25-20)6-9-2-4-12-17-16(9)18(12)17/h3,5,7-9,12,16-18H,2,4,6H2,1H3/b20-10-. The third kappa shape index (κ3) is 2.18. The second kappa shape index (κ2) is 5.04. The second-order valence-electron chi connectivity index (χ2n) is 7.54. The molecule has 3 unspecified atom stereocenters. The van der Waals surface area contributed by atoms with Gasteiger partial charge in [0.1, 0.15) is 5.76 Å². The molecule has 3 atom stereocenters. The first-order valence-electron chi connectivity index (χ1n) is 8.78. The van der Waals surface area contributed by atoms with Crippen molar-refractivity contribution in [3.8, 4) is 0 Å². The first-order valence-corrected chi connectivity index (χ1v) is 8.78. The molecular weight excluding hydrogens is 320 g/mol. The van der Waals surface area contributed by atoms with Gasteiger partial charge in [-0.15, -0.1) is 0 Å². The average molecular weight is 338 g/mol. The van der Waals surface area contributed by atoms with Crippen molar-refractivity contribution in [3.63, 3.8) is 0 Å². The summed E-state index contributed by atoms with van der Waals surface area (Å²) in [5.41, 5.74) is 0.401. The lowest BCUT2D eigenvalue weighted by Crippen LogP contribution is -2.26. The summed E-state index contributed by atoms with van der Waals surface area (Å²) < 4.78 is 10.8. The number of hydrogen-bond donors (Lipinski definition) is 0. The van der Waals surface area contributed by atoms with Crippen molar-refractivity contribution in [1.29, 1.82) is 0 Å². The maximum absolute atomic E-state index is 12.2. The molecule has 0 amide bonds. The average Bonchev–Trinajstić information content (AvgIpc) is 3.51. The highest BCUT2D eigenvalue weighted by molar-refractivity contribution is 6.47. The van der Waals surface area contributed by atoms with Gasteiger partial charge in [-0.3, -0.25) is 14.4 Å². The van der Waals surface area contributed by atoms with Crippen LogP contribution < -0.4 is 0 Å². The molecule has 0 aromatic rings. The Labute approximate surface area is 145 Å². The SMILES string of the molecule is COC1=C/C(=C2\OC(CC3CCC4C5C3C45)=CC(=O)C2=O)C=CC1=O. The molecule has 0 aromatic heterocycles. The number of hydrogen-bond acceptors (Lipinski definition) is 5. The van der Waals surface area contributed by atoms with Crippen molar-refractivity contribution in [2.75, 3.05) is 7.11 Å². The molecule has 0 aromatic carbocycles. The zero-order valence-corrected chi connectivity index (χ0v) is 13.9. The molecule has 6 aliphatic rings. The molecule has 4 saturated carbocycles. The first kappa shape index (κ1) is 14.9. The van der Waals surface area contributed by atoms with Crippen LogP contribution in [0, 0.1) is 29.6 Å². The highest BCUT2D eigenvalue weighted by Gasteiger charge is 2.76. The van der Waals surface area contributed by atoms with Crippen LogP contribution in [0.3, 0.4) is 0 Å². The van der Waals surface area contributed by atoms with Crippen molar-refractivity contribution in [2.45, 2.75) is 19.3 Å². The predicted molar refractivity (Wildman–Crippen MR) is 86.7 cm³/mol. The van der Waals surface area contributed by atoms with E-state index in [2.05, 4.69) is 0 Å². The summed E-state index contributed by atoms with van der Waals surface area (Å²) in [6.07, 6.45) is 8.78. The van der Waals surface area contributed by atoms with Gasteiger partial charge in [0.15, 0.2) is 11.5 Å². The van der Waals surface area contributed by atoms with Gasteiger partial charge >= 0.3 is 0 Å². The topological polar surface area (TPSA) is 69.7 Å². The third-order valence-corrected chi connectivity index (χ3v) is 6.30. The third-order valence-electron chi connectivity index (χ3n) is 6.30. The van der Waals surface area contributed by atoms with Gasteiger partial charge in [-0.05, 0) is 60.7 Å². The monoisotopic (exact) mass is 338 g/mol. The molecule has 5 nitrogen and oxygen atoms in total. The maximum atomic E-state index is 12.2. The molecule has 5 aliphatic carbocycles. The summed E-state index contributed by atoms with van der Waals surface area (Å²) in [4.78, 5) is 36.0. The van der Waals surface area contributed by atoms with Crippen molar-refractivity contribution in [2.24, 2.45) is 29.6 Å². The molecule has 0 radical (unpaired) electrons. The van der Waals surface area contributed by atoms with Crippen molar-refractivity contribution in [1.82, 2.24) is 0 Å². The van der Waals surface area contributed by atoms with E-state index in [9.17, 15) is 14.4 Å². The first-order chi connectivity index (χ1) is 12.1. The fourth-order valence-electron chi connectivity index (χ4n) is 4.98. The lowest BCUT2D eigenvalue weighted by molar-refractivity contribution is -0.134. The molecule has 25 heavy (non-hydrogen) atoms. The van der Waals surface area contributed by atoms with Gasteiger partial charge in [0.05, 0.1) is 7.11 Å². The Balaban J connectivity index is 1.41. The predicted octanol–water partition coefficient (Wildman–Crippen LogP) is 2.25. The smallest absolute Gasteiger partial charge is 0.268 e. The molecule has 1 heterocycles. The maximum Gasteiger partial charge on any atom is 0.268 e. The minimum Gasteiger partial charge on any atom is -0.493 e. The van der Waals surface area contributed by atoms with Crippen LogP contribution in [0.4, 0.5) is 0 Å². The fraction of sp³-hybridized carbons (Fsp3) is 0.450. The number of fused-ring (bicyclic) bond motifs is 2. The van der Waals surface area contributed by atoms with E-state index < -0.39 is 11.6 Å². The molecular formula is C20H18O5. The Bertz CT molecular complexity index is 830. The van der Waals surface area contributed by atoms with E-state index in [1.807, 2.05) is 0 Å². The van der Waals surface area contributed by atoms with Gasteiger partial charge < -0.3 is 9.47 Å². The molecule has 0 saturated heterocycles. The summed E-state index contributed by atoms with van der Waals surface area (Å²) in [5.74, 6) is 3.38. The van der Waals surface area contributed by atoms with Crippen LogP contribution >= 0.6 is 0 Å². The minimum atomic E-state index is -0.678. The van der Waals surface area contributed by atoms with E-state index in [-0.39, 0.29) is 17.3 Å². The summed E-state index contributed by atoms with van der Waals surface area (Å²) in [6.45, 7) is 0. The lowest BCUT2D eigenvalue weighted by Gasteiger charge is -2.30. The van der Waals surface area contributed by atoms with Crippen molar-refractivity contribution >= 4 is 17.3 Å². The largest absolute Gasteiger partial charge is 0.493 e. The van der Waals surface area contributed by atoms with Gasteiger partial charge in [-0.1, -0.05) is 0 Å². The van der Waals surface area contributed by atoms with Crippen molar-refractivity contribution in [3.05, 3.63) is 47.2 Å². The number of rotatable bonds is 3. The molecule has 2 bridgehead atoms. The summed E-state index contributed by atoms with van der Waals surface area (Å²) in [5, 5.41) is 0. The number of carbonyl (C=O) groups excluding carboxylic acids is 3. The van der Waals surface area contributed by atoms with Gasteiger partial charge in [-0.2, -0.15) is 0 Å². The van der Waals surface area contributed by atoms with E-state index in [4.69, 9.17) is 9.47 Å². The van der Waals surface area contributed by atoms with Gasteiger partial charge in [-0.25, -0.2) is 0 Å². The summed E-state index contributed by atoms with van der Waals surface area (Å²) >= 11 is 0. The van der Waals surface area contributed by atoms with E-state index in [1.165, 1.54) is 44.3 Å². The lowest BCUT2D eigenvalue weighted by atomic mass is 9.77. The number of carbonyl (C=O) groups is 3. The van der Waals surface area contributed by atoms with Crippen LogP contribution in [0.25, 0.3) is 0 Å². The molecule has 128 valence electrons. The Kier molecular flexibility index (Phi) is 3.00. The Hall–Kier alpha value is -2.43.